The van der Waals surface area contributed by atoms with E-state index < -0.39 is 5.09 Å². The van der Waals surface area contributed by atoms with Crippen molar-refractivity contribution in [2.24, 2.45) is 0 Å². The minimum Gasteiger partial charge on any atom is -0.301 e. The minimum atomic E-state index is -0.925. The van der Waals surface area contributed by atoms with Gasteiger partial charge in [0.2, 0.25) is 0 Å². The molecule has 4 nitrogen and oxygen atoms in total. The van der Waals surface area contributed by atoms with Gasteiger partial charge in [0.05, 0.1) is 0 Å². The molecule has 0 radical (unpaired) electrons. The molecule has 0 amide bonds. The molecule has 0 unspecified atom stereocenters. The van der Waals surface area contributed by atoms with Crippen molar-refractivity contribution in [3.8, 4) is 24.2 Å². The van der Waals surface area contributed by atoms with E-state index in [1.54, 1.807) is 0 Å². The van der Waals surface area contributed by atoms with Crippen LogP contribution in [0.3, 0.4) is 0 Å². The van der Waals surface area contributed by atoms with Crippen LogP contribution in [0.4, 0.5) is 0 Å². The molecule has 0 aromatic carbocycles. The fourth-order valence-corrected chi connectivity index (χ4v) is 0.172. The van der Waals surface area contributed by atoms with E-state index >= 15 is 0 Å². The molecule has 0 rings (SSSR count). The van der Waals surface area contributed by atoms with Gasteiger partial charge in [-0.15, -0.1) is 16.5 Å². The first-order valence-corrected chi connectivity index (χ1v) is 1.98. The lowest BCUT2D eigenvalue weighted by atomic mass is 10.6. The van der Waals surface area contributed by atoms with Gasteiger partial charge in [0, 0.05) is 0 Å². The fraction of sp³-hybridized carbons (Fsp3) is 0.200. The highest BCUT2D eigenvalue weighted by atomic mass is 16.9. The van der Waals surface area contributed by atoms with E-state index in [1.165, 1.54) is 0 Å². The monoisotopic (exact) mass is 125 g/mol. The van der Waals surface area contributed by atoms with Gasteiger partial charge >= 0.3 is 0 Å². The predicted octanol–water partition coefficient (Wildman–Crippen LogP) is -0.169. The van der Waals surface area contributed by atoms with Crippen LogP contribution in [0.15, 0.2) is 0 Å². The van der Waals surface area contributed by atoms with E-state index in [0.29, 0.717) is 0 Å². The third kappa shape index (κ3) is 6.32. The van der Waals surface area contributed by atoms with Crippen molar-refractivity contribution in [3.63, 3.8) is 0 Å². The lowest BCUT2D eigenvalue weighted by Crippen LogP contribution is -1.99. The summed E-state index contributed by atoms with van der Waals surface area (Å²) in [5, 5.41) is 8.50. The molecule has 0 bridgehead atoms. The van der Waals surface area contributed by atoms with Crippen molar-refractivity contribution >= 4 is 0 Å². The lowest BCUT2D eigenvalue weighted by molar-refractivity contribution is -0.754. The fourth-order valence-electron chi connectivity index (χ4n) is 0.172. The number of rotatable bonds is 2. The van der Waals surface area contributed by atoms with E-state index in [-0.39, 0.29) is 6.61 Å². The summed E-state index contributed by atoms with van der Waals surface area (Å²) in [6.07, 6.45) is 4.70. The Hall–Kier alpha value is -1.68. The molecular weight excluding hydrogens is 122 g/mol. The van der Waals surface area contributed by atoms with Crippen LogP contribution in [-0.4, -0.2) is 11.7 Å². The topological polar surface area (TPSA) is 52.4 Å². The highest BCUT2D eigenvalue weighted by Crippen LogP contribution is 1.69. The van der Waals surface area contributed by atoms with Gasteiger partial charge in [-0.05, 0) is 11.8 Å². The molecule has 0 atom stereocenters. The van der Waals surface area contributed by atoms with Crippen molar-refractivity contribution in [3.05, 3.63) is 10.1 Å². The average Bonchev–Trinajstić information content (AvgIpc) is 1.80. The van der Waals surface area contributed by atoms with Crippen LogP contribution in [0.25, 0.3) is 0 Å². The van der Waals surface area contributed by atoms with E-state index in [4.69, 9.17) is 6.42 Å². The van der Waals surface area contributed by atoms with Crippen LogP contribution in [-0.2, 0) is 4.84 Å². The Morgan fingerprint density at radius 1 is 1.78 bits per heavy atom. The number of terminal acetylenes is 1. The van der Waals surface area contributed by atoms with Crippen LogP contribution < -0.4 is 0 Å². The van der Waals surface area contributed by atoms with Crippen LogP contribution in [0.5, 0.6) is 0 Å². The summed E-state index contributed by atoms with van der Waals surface area (Å²) in [5.41, 5.74) is 0. The second-order valence-corrected chi connectivity index (χ2v) is 0.943. The van der Waals surface area contributed by atoms with E-state index in [2.05, 4.69) is 16.7 Å². The normalized spacial score (nSPS) is 6.11. The largest absolute Gasteiger partial charge is 0.301 e. The first-order chi connectivity index (χ1) is 4.27. The zero-order chi connectivity index (χ0) is 7.11. The van der Waals surface area contributed by atoms with Gasteiger partial charge in [-0.3, -0.25) is 0 Å². The van der Waals surface area contributed by atoms with Gasteiger partial charge in [-0.1, -0.05) is 5.92 Å². The molecule has 9 heavy (non-hydrogen) atoms. The van der Waals surface area contributed by atoms with Crippen LogP contribution in [0, 0.1) is 34.3 Å². The lowest BCUT2D eigenvalue weighted by Gasteiger charge is -1.84. The van der Waals surface area contributed by atoms with Gasteiger partial charge in [-0.2, -0.15) is 0 Å². The standard InChI is InChI=1S/C5H3NO3/c1-2-3-4-5-9-6(7)8/h1H,5H2. The predicted molar refractivity (Wildman–Crippen MR) is 29.6 cm³/mol. The highest BCUT2D eigenvalue weighted by molar-refractivity contribution is 5.21. The van der Waals surface area contributed by atoms with Gasteiger partial charge < -0.3 is 4.84 Å². The van der Waals surface area contributed by atoms with Crippen molar-refractivity contribution in [1.82, 2.24) is 0 Å². The second-order valence-electron chi connectivity index (χ2n) is 0.943. The molecule has 0 aromatic rings. The molecule has 0 N–H and O–H groups in total. The van der Waals surface area contributed by atoms with E-state index in [9.17, 15) is 10.1 Å². The summed E-state index contributed by atoms with van der Waals surface area (Å²) in [7, 11) is 0. The first-order valence-electron chi connectivity index (χ1n) is 1.98. The molecule has 4 heteroatoms. The summed E-state index contributed by atoms with van der Waals surface area (Å²) in [5.74, 6) is 6.35. The molecule has 0 saturated carbocycles. The number of hydrogen-bond donors (Lipinski definition) is 0. The van der Waals surface area contributed by atoms with Gasteiger partial charge in [0.15, 0.2) is 6.61 Å². The van der Waals surface area contributed by atoms with Gasteiger partial charge in [0.1, 0.15) is 0 Å². The van der Waals surface area contributed by atoms with Crippen LogP contribution in [0.1, 0.15) is 0 Å². The Kier molecular flexibility index (Phi) is 3.64. The summed E-state index contributed by atoms with van der Waals surface area (Å²) in [6.45, 7) is -0.267. The number of hydrogen-bond acceptors (Lipinski definition) is 3. The van der Waals surface area contributed by atoms with Gasteiger partial charge in [0.25, 0.3) is 5.09 Å². The molecule has 0 aliphatic rings. The summed E-state index contributed by atoms with van der Waals surface area (Å²) in [4.78, 5) is 13.2. The molecule has 0 spiro atoms. The molecule has 0 saturated heterocycles. The Morgan fingerprint density at radius 3 is 2.89 bits per heavy atom. The third-order valence-corrected chi connectivity index (χ3v) is 0.403. The van der Waals surface area contributed by atoms with Crippen molar-refractivity contribution < 1.29 is 9.92 Å². The third-order valence-electron chi connectivity index (χ3n) is 0.403. The molecule has 46 valence electrons. The molecule has 0 aliphatic carbocycles. The smallest absolute Gasteiger partial charge is 0.295 e. The molecule has 0 fully saturated rings. The van der Waals surface area contributed by atoms with Gasteiger partial charge in [-0.25, -0.2) is 0 Å². The van der Waals surface area contributed by atoms with Crippen molar-refractivity contribution in [1.29, 1.82) is 0 Å². The SMILES string of the molecule is C#CC#CCO[N+](=O)[O-]. The Balaban J connectivity index is 3.33. The maximum Gasteiger partial charge on any atom is 0.295 e. The second kappa shape index (κ2) is 4.48. The van der Waals surface area contributed by atoms with Crippen molar-refractivity contribution in [2.45, 2.75) is 0 Å². The maximum atomic E-state index is 9.43. The van der Waals surface area contributed by atoms with E-state index in [0.717, 1.165) is 0 Å². The Bertz CT molecular complexity index is 192. The zero-order valence-corrected chi connectivity index (χ0v) is 4.46. The minimum absolute atomic E-state index is 0.267. The summed E-state index contributed by atoms with van der Waals surface area (Å²) >= 11 is 0. The zero-order valence-electron chi connectivity index (χ0n) is 4.46. The highest BCUT2D eigenvalue weighted by Gasteiger charge is 1.86. The quantitative estimate of drug-likeness (QED) is 0.292. The van der Waals surface area contributed by atoms with E-state index in [1.807, 2.05) is 5.92 Å². The summed E-state index contributed by atoms with van der Waals surface area (Å²) < 4.78 is 0. The molecule has 0 aliphatic heterocycles. The maximum absolute atomic E-state index is 9.43. The molecule has 0 heterocycles. The van der Waals surface area contributed by atoms with Crippen LogP contribution in [0.2, 0.25) is 0 Å². The Labute approximate surface area is 51.9 Å². The van der Waals surface area contributed by atoms with Crippen molar-refractivity contribution in [2.75, 3.05) is 6.61 Å². The summed E-state index contributed by atoms with van der Waals surface area (Å²) in [6, 6.07) is 0. The Morgan fingerprint density at radius 2 is 2.44 bits per heavy atom. The first kappa shape index (κ1) is 7.32. The molecular formula is C5H3NO3. The average molecular weight is 125 g/mol. The molecule has 0 aromatic heterocycles. The van der Waals surface area contributed by atoms with Crippen LogP contribution >= 0.6 is 0 Å². The number of nitrogens with zero attached hydrogens (tertiary/aromatic N) is 1.